The van der Waals surface area contributed by atoms with Crippen LogP contribution in [0.1, 0.15) is 46.5 Å². The monoisotopic (exact) mass is 224 g/mol. The predicted molar refractivity (Wildman–Crippen MR) is 68.0 cm³/mol. The molecule has 3 heteroatoms. The van der Waals surface area contributed by atoms with Crippen molar-refractivity contribution in [2.75, 3.05) is 6.54 Å². The van der Waals surface area contributed by atoms with Gasteiger partial charge in [-0.2, -0.15) is 0 Å². The predicted octanol–water partition coefficient (Wildman–Crippen LogP) is 1.68. The van der Waals surface area contributed by atoms with E-state index in [-0.39, 0.29) is 18.0 Å². The summed E-state index contributed by atoms with van der Waals surface area (Å²) in [7, 11) is 0. The molecule has 0 heterocycles. The number of hydrogen-bond acceptors (Lipinski definition) is 2. The van der Waals surface area contributed by atoms with Crippen LogP contribution < -0.4 is 10.6 Å². The molecule has 16 heavy (non-hydrogen) atoms. The Labute approximate surface area is 99.4 Å². The highest BCUT2D eigenvalue weighted by atomic mass is 16.2. The zero-order chi connectivity index (χ0) is 12.4. The number of carbonyl (C=O) groups is 1. The summed E-state index contributed by atoms with van der Waals surface area (Å²) >= 11 is 0. The Bertz CT molecular complexity index is 233. The first-order valence-electron chi connectivity index (χ1n) is 6.15. The summed E-state index contributed by atoms with van der Waals surface area (Å²) in [6.07, 6.45) is 9.53. The summed E-state index contributed by atoms with van der Waals surface area (Å²) in [6, 6.07) is -0.237. The highest BCUT2D eigenvalue weighted by Gasteiger charge is 2.14. The maximum atomic E-state index is 11.6. The average molecular weight is 224 g/mol. The molecule has 0 fully saturated rings. The summed E-state index contributed by atoms with van der Waals surface area (Å²) in [5.74, 6) is 2.66. The molecule has 0 aliphatic carbocycles. The van der Waals surface area contributed by atoms with Crippen LogP contribution in [-0.4, -0.2) is 24.5 Å². The fraction of sp³-hybridized carbons (Fsp3) is 0.769. The molecular weight excluding hydrogens is 200 g/mol. The molecule has 0 aliphatic rings. The number of unbranched alkanes of at least 4 members (excludes halogenated alkanes) is 2. The van der Waals surface area contributed by atoms with Gasteiger partial charge in [0, 0.05) is 6.54 Å². The van der Waals surface area contributed by atoms with Crippen LogP contribution in [0.5, 0.6) is 0 Å². The van der Waals surface area contributed by atoms with Gasteiger partial charge in [0.2, 0.25) is 5.91 Å². The number of hydrogen-bond donors (Lipinski definition) is 2. The molecule has 2 unspecified atom stereocenters. The van der Waals surface area contributed by atoms with Crippen LogP contribution in [0.15, 0.2) is 0 Å². The Kier molecular flexibility index (Phi) is 8.65. The van der Waals surface area contributed by atoms with E-state index in [0.29, 0.717) is 0 Å². The standard InChI is InChI=1S/C13H24N2O/c1-5-8-9-10-14-13(16)11(4)15-12(6-2)7-3/h2,11-12,15H,5,7-10H2,1,3-4H3,(H,14,16). The molecule has 92 valence electrons. The van der Waals surface area contributed by atoms with Crippen molar-refractivity contribution in [1.82, 2.24) is 10.6 Å². The van der Waals surface area contributed by atoms with Gasteiger partial charge in [0.25, 0.3) is 0 Å². The van der Waals surface area contributed by atoms with Gasteiger partial charge in [-0.25, -0.2) is 0 Å². The molecule has 3 nitrogen and oxygen atoms in total. The first-order chi connectivity index (χ1) is 7.65. The van der Waals surface area contributed by atoms with Crippen LogP contribution in [-0.2, 0) is 4.79 Å². The summed E-state index contributed by atoms with van der Waals surface area (Å²) in [5.41, 5.74) is 0. The maximum Gasteiger partial charge on any atom is 0.236 e. The third-order valence-corrected chi connectivity index (χ3v) is 2.53. The molecule has 0 saturated carbocycles. The zero-order valence-corrected chi connectivity index (χ0v) is 10.7. The van der Waals surface area contributed by atoms with Gasteiger partial charge in [0.1, 0.15) is 0 Å². The number of rotatable bonds is 8. The zero-order valence-electron chi connectivity index (χ0n) is 10.7. The van der Waals surface area contributed by atoms with E-state index < -0.39 is 0 Å². The van der Waals surface area contributed by atoms with Crippen LogP contribution in [0.2, 0.25) is 0 Å². The maximum absolute atomic E-state index is 11.6. The minimum atomic E-state index is -0.220. The minimum absolute atomic E-state index is 0.0172. The fourth-order valence-electron chi connectivity index (χ4n) is 1.40. The second kappa shape index (κ2) is 9.23. The number of carbonyl (C=O) groups excluding carboxylic acids is 1. The van der Waals surface area contributed by atoms with E-state index in [2.05, 4.69) is 23.5 Å². The van der Waals surface area contributed by atoms with Gasteiger partial charge in [0.15, 0.2) is 0 Å². The molecule has 0 aromatic rings. The fourth-order valence-corrected chi connectivity index (χ4v) is 1.40. The first kappa shape index (κ1) is 15.0. The van der Waals surface area contributed by atoms with Crippen molar-refractivity contribution in [1.29, 1.82) is 0 Å². The number of amides is 1. The van der Waals surface area contributed by atoms with Crippen LogP contribution >= 0.6 is 0 Å². The Morgan fingerprint density at radius 1 is 1.38 bits per heavy atom. The highest BCUT2D eigenvalue weighted by Crippen LogP contribution is 1.94. The molecule has 0 aromatic heterocycles. The lowest BCUT2D eigenvalue weighted by molar-refractivity contribution is -0.122. The smallest absolute Gasteiger partial charge is 0.236 e. The van der Waals surface area contributed by atoms with E-state index in [1.165, 1.54) is 6.42 Å². The van der Waals surface area contributed by atoms with E-state index in [0.717, 1.165) is 25.8 Å². The van der Waals surface area contributed by atoms with Gasteiger partial charge < -0.3 is 5.32 Å². The van der Waals surface area contributed by atoms with Crippen molar-refractivity contribution >= 4 is 5.91 Å². The molecule has 0 spiro atoms. The number of terminal acetylenes is 1. The second-order valence-corrected chi connectivity index (χ2v) is 4.01. The Morgan fingerprint density at radius 2 is 2.06 bits per heavy atom. The summed E-state index contributed by atoms with van der Waals surface area (Å²) in [5, 5.41) is 6.01. The molecule has 2 atom stereocenters. The van der Waals surface area contributed by atoms with Gasteiger partial charge >= 0.3 is 0 Å². The molecule has 0 aliphatic heterocycles. The number of nitrogens with one attached hydrogen (secondary N) is 2. The summed E-state index contributed by atoms with van der Waals surface area (Å²) in [4.78, 5) is 11.6. The van der Waals surface area contributed by atoms with Crippen LogP contribution in [0.4, 0.5) is 0 Å². The normalized spacial score (nSPS) is 13.9. The SMILES string of the molecule is C#CC(CC)NC(C)C(=O)NCCCCC. The van der Waals surface area contributed by atoms with E-state index in [1.807, 2.05) is 13.8 Å². The minimum Gasteiger partial charge on any atom is -0.355 e. The highest BCUT2D eigenvalue weighted by molar-refractivity contribution is 5.81. The Morgan fingerprint density at radius 3 is 2.56 bits per heavy atom. The van der Waals surface area contributed by atoms with Crippen molar-refractivity contribution in [2.45, 2.75) is 58.5 Å². The van der Waals surface area contributed by atoms with Gasteiger partial charge in [-0.1, -0.05) is 32.6 Å². The van der Waals surface area contributed by atoms with Crippen molar-refractivity contribution < 1.29 is 4.79 Å². The topological polar surface area (TPSA) is 41.1 Å². The second-order valence-electron chi connectivity index (χ2n) is 4.01. The van der Waals surface area contributed by atoms with Crippen molar-refractivity contribution in [3.63, 3.8) is 0 Å². The molecule has 0 aromatic carbocycles. The quantitative estimate of drug-likeness (QED) is 0.486. The van der Waals surface area contributed by atoms with Crippen molar-refractivity contribution in [2.24, 2.45) is 0 Å². The molecule has 0 bridgehead atoms. The summed E-state index contributed by atoms with van der Waals surface area (Å²) in [6.45, 7) is 6.74. The lowest BCUT2D eigenvalue weighted by atomic mass is 10.2. The van der Waals surface area contributed by atoms with Crippen molar-refractivity contribution in [3.8, 4) is 12.3 Å². The Balaban J connectivity index is 3.77. The third-order valence-electron chi connectivity index (χ3n) is 2.53. The molecule has 0 radical (unpaired) electrons. The van der Waals surface area contributed by atoms with Crippen molar-refractivity contribution in [3.05, 3.63) is 0 Å². The Hall–Kier alpha value is -1.01. The molecule has 0 saturated heterocycles. The van der Waals surface area contributed by atoms with Crippen LogP contribution in [0, 0.1) is 12.3 Å². The van der Waals surface area contributed by atoms with Crippen LogP contribution in [0.25, 0.3) is 0 Å². The van der Waals surface area contributed by atoms with Gasteiger partial charge in [-0.05, 0) is 19.8 Å². The molecule has 0 rings (SSSR count). The van der Waals surface area contributed by atoms with Crippen LogP contribution in [0.3, 0.4) is 0 Å². The van der Waals surface area contributed by atoms with Gasteiger partial charge in [-0.15, -0.1) is 6.42 Å². The average Bonchev–Trinajstić information content (AvgIpc) is 2.30. The van der Waals surface area contributed by atoms with E-state index >= 15 is 0 Å². The molecule has 1 amide bonds. The first-order valence-corrected chi connectivity index (χ1v) is 6.15. The van der Waals surface area contributed by atoms with E-state index in [9.17, 15) is 4.79 Å². The largest absolute Gasteiger partial charge is 0.355 e. The molecular formula is C13H24N2O. The summed E-state index contributed by atoms with van der Waals surface area (Å²) < 4.78 is 0. The lowest BCUT2D eigenvalue weighted by Gasteiger charge is -2.17. The van der Waals surface area contributed by atoms with E-state index in [1.54, 1.807) is 0 Å². The van der Waals surface area contributed by atoms with E-state index in [4.69, 9.17) is 6.42 Å². The third kappa shape index (κ3) is 6.47. The lowest BCUT2D eigenvalue weighted by Crippen LogP contribution is -2.46. The van der Waals surface area contributed by atoms with Gasteiger partial charge in [0.05, 0.1) is 12.1 Å². The van der Waals surface area contributed by atoms with Gasteiger partial charge in [-0.3, -0.25) is 10.1 Å². The molecule has 2 N–H and O–H groups in total.